The minimum Gasteiger partial charge on any atom is -0.497 e. The van der Waals surface area contributed by atoms with Crippen molar-refractivity contribution >= 4 is 29.4 Å². The summed E-state index contributed by atoms with van der Waals surface area (Å²) in [5.41, 5.74) is 1.60. The smallest absolute Gasteiger partial charge is 0.323 e. The van der Waals surface area contributed by atoms with Crippen molar-refractivity contribution in [3.05, 3.63) is 64.7 Å². The van der Waals surface area contributed by atoms with Crippen molar-refractivity contribution in [1.82, 2.24) is 9.80 Å². The van der Waals surface area contributed by atoms with Crippen molar-refractivity contribution < 1.29 is 29.0 Å². The Balaban J connectivity index is 1.86. The summed E-state index contributed by atoms with van der Waals surface area (Å²) in [6.07, 6.45) is 0.449. The molecule has 1 saturated heterocycles. The Bertz CT molecular complexity index is 1010. The third kappa shape index (κ3) is 6.07. The molecule has 0 saturated carbocycles. The largest absolute Gasteiger partial charge is 0.497 e. The maximum atomic E-state index is 13.7. The molecule has 0 aliphatic carbocycles. The zero-order valence-corrected chi connectivity index (χ0v) is 20.0. The minimum absolute atomic E-state index is 0.0168. The van der Waals surface area contributed by atoms with E-state index in [2.05, 4.69) is 0 Å². The lowest BCUT2D eigenvalue weighted by atomic mass is 9.92. The number of ether oxygens (including phenoxy) is 2. The molecule has 0 radical (unpaired) electrons. The summed E-state index contributed by atoms with van der Waals surface area (Å²) in [4.78, 5) is 41.0. The highest BCUT2D eigenvalue weighted by Crippen LogP contribution is 2.41. The molecule has 2 aromatic carbocycles. The third-order valence-corrected chi connectivity index (χ3v) is 6.32. The average molecular weight is 489 g/mol. The maximum Gasteiger partial charge on any atom is 0.323 e. The summed E-state index contributed by atoms with van der Waals surface area (Å²) >= 11 is 6.45. The number of aliphatic carboxylic acids is 1. The lowest BCUT2D eigenvalue weighted by Crippen LogP contribution is -2.43. The van der Waals surface area contributed by atoms with E-state index < -0.39 is 24.5 Å². The van der Waals surface area contributed by atoms with Crippen LogP contribution in [0.25, 0.3) is 0 Å². The van der Waals surface area contributed by atoms with Gasteiger partial charge in [-0.15, -0.1) is 0 Å². The van der Waals surface area contributed by atoms with Gasteiger partial charge < -0.3 is 24.4 Å². The summed E-state index contributed by atoms with van der Waals surface area (Å²) < 4.78 is 10.3. The molecule has 34 heavy (non-hydrogen) atoms. The second-order valence-corrected chi connectivity index (χ2v) is 8.52. The van der Waals surface area contributed by atoms with Crippen LogP contribution < -0.4 is 4.74 Å². The van der Waals surface area contributed by atoms with Crippen LogP contribution in [-0.2, 0) is 25.5 Å². The van der Waals surface area contributed by atoms with Crippen LogP contribution in [0.4, 0.5) is 0 Å². The van der Waals surface area contributed by atoms with Crippen LogP contribution in [0.5, 0.6) is 5.75 Å². The second-order valence-electron chi connectivity index (χ2n) is 8.11. The van der Waals surface area contributed by atoms with Crippen LogP contribution in [0.2, 0.25) is 5.02 Å². The second kappa shape index (κ2) is 11.9. The predicted octanol–water partition coefficient (Wildman–Crippen LogP) is 3.04. The number of hydrogen-bond donors (Lipinski definition) is 1. The Morgan fingerprint density at radius 3 is 2.47 bits per heavy atom. The monoisotopic (exact) mass is 488 g/mol. The van der Waals surface area contributed by atoms with Gasteiger partial charge in [0.2, 0.25) is 11.8 Å². The Labute approximate surface area is 204 Å². The molecule has 0 unspecified atom stereocenters. The topological polar surface area (TPSA) is 96.4 Å². The highest BCUT2D eigenvalue weighted by Gasteiger charge is 2.46. The number of benzene rings is 2. The fraction of sp³-hybridized carbons (Fsp3) is 0.400. The van der Waals surface area contributed by atoms with Gasteiger partial charge in [0.15, 0.2) is 0 Å². The molecule has 1 fully saturated rings. The molecule has 1 aliphatic rings. The highest BCUT2D eigenvalue weighted by molar-refractivity contribution is 6.31. The Morgan fingerprint density at radius 1 is 1.15 bits per heavy atom. The van der Waals surface area contributed by atoms with Crippen molar-refractivity contribution in [2.75, 3.05) is 40.5 Å². The summed E-state index contributed by atoms with van der Waals surface area (Å²) in [6, 6.07) is 13.9. The number of likely N-dealkylation sites (tertiary alicyclic amines) is 1. The molecular formula is C25H29ClN2O6. The molecule has 2 atom stereocenters. The Kier molecular flexibility index (Phi) is 8.90. The van der Waals surface area contributed by atoms with Crippen LogP contribution in [0, 0.1) is 5.92 Å². The zero-order valence-electron chi connectivity index (χ0n) is 19.3. The first-order valence-corrected chi connectivity index (χ1v) is 11.4. The first kappa shape index (κ1) is 25.5. The highest BCUT2D eigenvalue weighted by atomic mass is 35.5. The maximum absolute atomic E-state index is 13.7. The fourth-order valence-electron chi connectivity index (χ4n) is 4.29. The average Bonchev–Trinajstić information content (AvgIpc) is 3.16. The number of rotatable bonds is 11. The van der Waals surface area contributed by atoms with Gasteiger partial charge in [0.05, 0.1) is 25.7 Å². The van der Waals surface area contributed by atoms with Crippen molar-refractivity contribution in [1.29, 1.82) is 0 Å². The molecule has 1 aliphatic heterocycles. The number of amides is 2. The molecule has 0 spiro atoms. The number of methoxy groups -OCH3 is 2. The van der Waals surface area contributed by atoms with E-state index in [4.69, 9.17) is 21.1 Å². The predicted molar refractivity (Wildman–Crippen MR) is 127 cm³/mol. The van der Waals surface area contributed by atoms with E-state index >= 15 is 0 Å². The molecule has 1 N–H and O–H groups in total. The summed E-state index contributed by atoms with van der Waals surface area (Å²) in [5, 5.41) is 9.91. The lowest BCUT2D eigenvalue weighted by molar-refractivity contribution is -0.146. The van der Waals surface area contributed by atoms with Gasteiger partial charge in [0.25, 0.3) is 0 Å². The van der Waals surface area contributed by atoms with E-state index in [9.17, 15) is 19.5 Å². The number of carbonyl (C=O) groups excluding carboxylic acids is 2. The van der Waals surface area contributed by atoms with Gasteiger partial charge in [-0.2, -0.15) is 0 Å². The number of nitrogens with zero attached hydrogens (tertiary/aromatic N) is 2. The molecule has 182 valence electrons. The van der Waals surface area contributed by atoms with Crippen LogP contribution in [-0.4, -0.2) is 73.2 Å². The van der Waals surface area contributed by atoms with Gasteiger partial charge in [-0.05, 0) is 35.7 Å². The van der Waals surface area contributed by atoms with Crippen molar-refractivity contribution in [3.8, 4) is 5.75 Å². The number of carbonyl (C=O) groups is 3. The lowest BCUT2D eigenvalue weighted by Gasteiger charge is -2.31. The van der Waals surface area contributed by atoms with Crippen LogP contribution in [0.1, 0.15) is 23.6 Å². The summed E-state index contributed by atoms with van der Waals surface area (Å²) in [6.45, 7) is 0.367. The molecule has 0 bridgehead atoms. The van der Waals surface area contributed by atoms with E-state index in [-0.39, 0.29) is 24.8 Å². The molecule has 8 nitrogen and oxygen atoms in total. The van der Waals surface area contributed by atoms with E-state index in [0.29, 0.717) is 35.9 Å². The Hall–Kier alpha value is -3.10. The number of carboxylic acid groups (broad SMARTS) is 1. The molecule has 3 rings (SSSR count). The van der Waals surface area contributed by atoms with Gasteiger partial charge in [-0.3, -0.25) is 14.4 Å². The standard InChI is InChI=1S/C25H29ClN2O6/c1-33-14-13-28-22(29)15-20(24(28)19-5-3-4-6-21(19)26)25(32)27(16-23(30)31)12-11-17-7-9-18(34-2)10-8-17/h3-10,20,24H,11-16H2,1-2H3,(H,30,31)/t20-,24+/m1/s1. The number of carboxylic acids is 1. The van der Waals surface area contributed by atoms with Crippen molar-refractivity contribution in [3.63, 3.8) is 0 Å². The molecule has 2 aromatic rings. The minimum atomic E-state index is -1.11. The summed E-state index contributed by atoms with van der Waals surface area (Å²) in [5.74, 6) is -1.72. The van der Waals surface area contributed by atoms with Crippen LogP contribution >= 0.6 is 11.6 Å². The normalized spacial score (nSPS) is 17.6. The van der Waals surface area contributed by atoms with Gasteiger partial charge in [-0.1, -0.05) is 41.9 Å². The van der Waals surface area contributed by atoms with Gasteiger partial charge >= 0.3 is 5.97 Å². The van der Waals surface area contributed by atoms with E-state index in [0.717, 1.165) is 5.56 Å². The zero-order chi connectivity index (χ0) is 24.7. The van der Waals surface area contributed by atoms with Gasteiger partial charge in [0.1, 0.15) is 12.3 Å². The number of hydrogen-bond acceptors (Lipinski definition) is 5. The van der Waals surface area contributed by atoms with Crippen molar-refractivity contribution in [2.45, 2.75) is 18.9 Å². The molecule has 1 heterocycles. The molecular weight excluding hydrogens is 460 g/mol. The molecule has 9 heteroatoms. The van der Waals surface area contributed by atoms with Gasteiger partial charge in [-0.25, -0.2) is 0 Å². The first-order valence-electron chi connectivity index (χ1n) is 11.0. The van der Waals surface area contributed by atoms with E-state index in [1.165, 1.54) is 4.90 Å². The van der Waals surface area contributed by atoms with E-state index in [1.54, 1.807) is 43.4 Å². The molecule has 2 amide bonds. The SMILES string of the molecule is COCCN1C(=O)C[C@@H](C(=O)N(CCc2ccc(OC)cc2)CC(=O)O)[C@@H]1c1ccccc1Cl. The molecule has 0 aromatic heterocycles. The quantitative estimate of drug-likeness (QED) is 0.522. The number of halogens is 1. The fourth-order valence-corrected chi connectivity index (χ4v) is 4.53. The van der Waals surface area contributed by atoms with Crippen molar-refractivity contribution in [2.24, 2.45) is 5.92 Å². The van der Waals surface area contributed by atoms with Gasteiger partial charge in [0, 0.05) is 31.6 Å². The third-order valence-electron chi connectivity index (χ3n) is 5.98. The van der Waals surface area contributed by atoms with E-state index in [1.807, 2.05) is 24.3 Å². The van der Waals surface area contributed by atoms with Crippen LogP contribution in [0.3, 0.4) is 0 Å². The Morgan fingerprint density at radius 2 is 1.85 bits per heavy atom. The van der Waals surface area contributed by atoms with Crippen LogP contribution in [0.15, 0.2) is 48.5 Å². The summed E-state index contributed by atoms with van der Waals surface area (Å²) in [7, 11) is 3.12. The first-order chi connectivity index (χ1) is 16.3.